The second-order valence-corrected chi connectivity index (χ2v) is 5.59. The van der Waals surface area contributed by atoms with Gasteiger partial charge in [-0.25, -0.2) is 0 Å². The number of rotatable bonds is 5. The van der Waals surface area contributed by atoms with Crippen LogP contribution in [0.1, 0.15) is 37.8 Å². The second kappa shape index (κ2) is 6.67. The van der Waals surface area contributed by atoms with Crippen LogP contribution in [-0.2, 0) is 4.79 Å². The summed E-state index contributed by atoms with van der Waals surface area (Å²) in [7, 11) is 0. The Morgan fingerprint density at radius 3 is 2.90 bits per heavy atom. The van der Waals surface area contributed by atoms with E-state index in [0.717, 1.165) is 19.4 Å². The Labute approximate surface area is 123 Å². The number of para-hydroxylation sites is 1. The van der Waals surface area contributed by atoms with Gasteiger partial charge in [0.25, 0.3) is 5.69 Å². The molecule has 1 fully saturated rings. The van der Waals surface area contributed by atoms with Crippen molar-refractivity contribution in [1.82, 2.24) is 4.90 Å². The highest BCUT2D eigenvalue weighted by Gasteiger charge is 2.28. The third-order valence-corrected chi connectivity index (χ3v) is 4.14. The molecule has 2 atom stereocenters. The van der Waals surface area contributed by atoms with Gasteiger partial charge in [-0.15, -0.1) is 0 Å². The number of nitrogens with zero attached hydrogens (tertiary/aromatic N) is 2. The SMILES string of the molecule is CC(c1ccccc1[N+](=O)[O-])N1CCCC(CC(=O)O)C1. The van der Waals surface area contributed by atoms with E-state index >= 15 is 0 Å². The smallest absolute Gasteiger partial charge is 0.303 e. The van der Waals surface area contributed by atoms with Crippen LogP contribution in [0.4, 0.5) is 5.69 Å². The summed E-state index contributed by atoms with van der Waals surface area (Å²) in [5.74, 6) is -0.651. The molecule has 114 valence electrons. The summed E-state index contributed by atoms with van der Waals surface area (Å²) in [5.41, 5.74) is 0.823. The number of nitro benzene ring substituents is 1. The van der Waals surface area contributed by atoms with Crippen molar-refractivity contribution >= 4 is 11.7 Å². The number of benzene rings is 1. The highest BCUT2D eigenvalue weighted by molar-refractivity contribution is 5.67. The van der Waals surface area contributed by atoms with E-state index in [4.69, 9.17) is 5.11 Å². The van der Waals surface area contributed by atoms with Crippen molar-refractivity contribution in [3.63, 3.8) is 0 Å². The first kappa shape index (κ1) is 15.4. The molecule has 21 heavy (non-hydrogen) atoms. The Morgan fingerprint density at radius 1 is 1.52 bits per heavy atom. The van der Waals surface area contributed by atoms with Crippen molar-refractivity contribution in [3.8, 4) is 0 Å². The van der Waals surface area contributed by atoms with Crippen LogP contribution >= 0.6 is 0 Å². The average molecular weight is 292 g/mol. The van der Waals surface area contributed by atoms with E-state index in [2.05, 4.69) is 4.90 Å². The molecule has 0 aliphatic carbocycles. The Balaban J connectivity index is 2.14. The fraction of sp³-hybridized carbons (Fsp3) is 0.533. The first-order valence-electron chi connectivity index (χ1n) is 7.18. The van der Waals surface area contributed by atoms with Gasteiger partial charge in [0.15, 0.2) is 0 Å². The maximum absolute atomic E-state index is 11.1. The van der Waals surface area contributed by atoms with Gasteiger partial charge in [-0.3, -0.25) is 19.8 Å². The third-order valence-electron chi connectivity index (χ3n) is 4.14. The van der Waals surface area contributed by atoms with Crippen LogP contribution in [0, 0.1) is 16.0 Å². The van der Waals surface area contributed by atoms with E-state index in [9.17, 15) is 14.9 Å². The van der Waals surface area contributed by atoms with Gasteiger partial charge in [-0.2, -0.15) is 0 Å². The van der Waals surface area contributed by atoms with E-state index in [1.165, 1.54) is 6.07 Å². The number of likely N-dealkylation sites (tertiary alicyclic amines) is 1. The Hall–Kier alpha value is -1.95. The molecule has 0 bridgehead atoms. The topological polar surface area (TPSA) is 83.7 Å². The van der Waals surface area contributed by atoms with Crippen LogP contribution < -0.4 is 0 Å². The molecule has 0 radical (unpaired) electrons. The number of carbonyl (C=O) groups is 1. The van der Waals surface area contributed by atoms with Gasteiger partial charge in [0, 0.05) is 30.6 Å². The minimum Gasteiger partial charge on any atom is -0.481 e. The molecule has 6 nitrogen and oxygen atoms in total. The van der Waals surface area contributed by atoms with Gasteiger partial charge in [-0.05, 0) is 32.2 Å². The number of piperidine rings is 1. The predicted molar refractivity (Wildman–Crippen MR) is 78.1 cm³/mol. The Kier molecular flexibility index (Phi) is 4.90. The van der Waals surface area contributed by atoms with E-state index in [1.807, 2.05) is 6.92 Å². The lowest BCUT2D eigenvalue weighted by atomic mass is 9.92. The van der Waals surface area contributed by atoms with E-state index < -0.39 is 5.97 Å². The maximum atomic E-state index is 11.1. The largest absolute Gasteiger partial charge is 0.481 e. The molecular formula is C15H20N2O4. The Bertz CT molecular complexity index is 532. The van der Waals surface area contributed by atoms with Gasteiger partial charge in [0.2, 0.25) is 0 Å². The highest BCUT2D eigenvalue weighted by Crippen LogP contribution is 2.32. The fourth-order valence-electron chi connectivity index (χ4n) is 3.07. The van der Waals surface area contributed by atoms with Crippen molar-refractivity contribution in [3.05, 3.63) is 39.9 Å². The number of nitro groups is 1. The minimum absolute atomic E-state index is 0.0804. The van der Waals surface area contributed by atoms with Crippen molar-refractivity contribution in [2.75, 3.05) is 13.1 Å². The standard InChI is InChI=1S/C15H20N2O4/c1-11(13-6-2-3-7-14(13)17(20)21)16-8-4-5-12(10-16)9-15(18)19/h2-3,6-7,11-12H,4-5,8-10H2,1H3,(H,18,19). The molecule has 1 aromatic carbocycles. The normalized spacial score (nSPS) is 20.9. The number of hydrogen-bond donors (Lipinski definition) is 1. The predicted octanol–water partition coefficient (Wildman–Crippen LogP) is 2.84. The molecule has 0 spiro atoms. The molecule has 0 amide bonds. The molecule has 1 aliphatic rings. The lowest BCUT2D eigenvalue weighted by Gasteiger charge is -2.36. The summed E-state index contributed by atoms with van der Waals surface area (Å²) in [5, 5.41) is 20.0. The Morgan fingerprint density at radius 2 is 2.24 bits per heavy atom. The first-order chi connectivity index (χ1) is 9.99. The van der Waals surface area contributed by atoms with Crippen molar-refractivity contribution in [2.45, 2.75) is 32.2 Å². The van der Waals surface area contributed by atoms with E-state index in [-0.39, 0.29) is 29.0 Å². The first-order valence-corrected chi connectivity index (χ1v) is 7.18. The minimum atomic E-state index is -0.778. The zero-order valence-electron chi connectivity index (χ0n) is 12.1. The summed E-state index contributed by atoms with van der Waals surface area (Å²) in [6.45, 7) is 3.48. The summed E-state index contributed by atoms with van der Waals surface area (Å²) < 4.78 is 0. The molecule has 1 N–H and O–H groups in total. The summed E-state index contributed by atoms with van der Waals surface area (Å²) in [6, 6.07) is 6.69. The number of carboxylic acid groups (broad SMARTS) is 1. The van der Waals surface area contributed by atoms with E-state index in [0.29, 0.717) is 12.1 Å². The number of aliphatic carboxylic acids is 1. The molecule has 0 aromatic heterocycles. The second-order valence-electron chi connectivity index (χ2n) is 5.59. The number of hydrogen-bond acceptors (Lipinski definition) is 4. The van der Waals surface area contributed by atoms with Gasteiger partial charge in [-0.1, -0.05) is 18.2 Å². The van der Waals surface area contributed by atoms with Crippen molar-refractivity contribution in [1.29, 1.82) is 0 Å². The molecule has 1 saturated heterocycles. The average Bonchev–Trinajstić information content (AvgIpc) is 2.46. The van der Waals surface area contributed by atoms with Crippen LogP contribution in [0.3, 0.4) is 0 Å². The molecule has 1 heterocycles. The van der Waals surface area contributed by atoms with Crippen LogP contribution in [0.5, 0.6) is 0 Å². The maximum Gasteiger partial charge on any atom is 0.303 e. The van der Waals surface area contributed by atoms with Gasteiger partial charge < -0.3 is 5.11 Å². The number of carboxylic acids is 1. The summed E-state index contributed by atoms with van der Waals surface area (Å²) >= 11 is 0. The van der Waals surface area contributed by atoms with Gasteiger partial charge >= 0.3 is 5.97 Å². The van der Waals surface area contributed by atoms with Gasteiger partial charge in [0.05, 0.1) is 4.92 Å². The van der Waals surface area contributed by atoms with Crippen molar-refractivity contribution < 1.29 is 14.8 Å². The highest BCUT2D eigenvalue weighted by atomic mass is 16.6. The molecule has 1 aliphatic heterocycles. The molecule has 2 unspecified atom stereocenters. The molecule has 0 saturated carbocycles. The molecule has 6 heteroatoms. The summed E-state index contributed by atoms with van der Waals surface area (Å²) in [6.07, 6.45) is 2.01. The van der Waals surface area contributed by atoms with Crippen LogP contribution in [0.2, 0.25) is 0 Å². The quantitative estimate of drug-likeness (QED) is 0.666. The van der Waals surface area contributed by atoms with E-state index in [1.54, 1.807) is 18.2 Å². The molecule has 2 rings (SSSR count). The molecular weight excluding hydrogens is 272 g/mol. The van der Waals surface area contributed by atoms with Crippen LogP contribution in [0.15, 0.2) is 24.3 Å². The van der Waals surface area contributed by atoms with Crippen LogP contribution in [0.25, 0.3) is 0 Å². The van der Waals surface area contributed by atoms with Crippen LogP contribution in [-0.4, -0.2) is 34.0 Å². The van der Waals surface area contributed by atoms with Crippen molar-refractivity contribution in [2.24, 2.45) is 5.92 Å². The summed E-state index contributed by atoms with van der Waals surface area (Å²) in [4.78, 5) is 23.8. The zero-order valence-corrected chi connectivity index (χ0v) is 12.1. The molecule has 1 aromatic rings. The monoisotopic (exact) mass is 292 g/mol. The van der Waals surface area contributed by atoms with Gasteiger partial charge in [0.1, 0.15) is 0 Å². The third kappa shape index (κ3) is 3.78. The lowest BCUT2D eigenvalue weighted by Crippen LogP contribution is -2.38. The zero-order chi connectivity index (χ0) is 15.4. The fourth-order valence-corrected chi connectivity index (χ4v) is 3.07. The lowest BCUT2D eigenvalue weighted by molar-refractivity contribution is -0.386.